The maximum Gasteiger partial charge on any atom is 0.266 e. The Morgan fingerprint density at radius 2 is 1.93 bits per heavy atom. The van der Waals surface area contributed by atoms with Crippen LogP contribution in [0.4, 0.5) is 0 Å². The predicted molar refractivity (Wildman–Crippen MR) is 122 cm³/mol. The minimum atomic E-state index is -0.437. The fraction of sp³-hybridized carbons (Fsp3) is 0.227. The smallest absolute Gasteiger partial charge is 0.266 e. The molecular formula is C22H22N2O4S2. The van der Waals surface area contributed by atoms with Crippen LogP contribution in [0.1, 0.15) is 11.1 Å². The number of nitrogens with one attached hydrogen (secondary N) is 1. The van der Waals surface area contributed by atoms with Crippen molar-refractivity contribution in [1.82, 2.24) is 10.2 Å². The molecule has 1 fully saturated rings. The zero-order valence-corrected chi connectivity index (χ0v) is 18.0. The number of amides is 2. The van der Waals surface area contributed by atoms with Crippen LogP contribution in [0.15, 0.2) is 59.5 Å². The second-order valence-corrected chi connectivity index (χ2v) is 8.35. The third kappa shape index (κ3) is 5.69. The lowest BCUT2D eigenvalue weighted by molar-refractivity contribution is -0.129. The number of hydrogen-bond donors (Lipinski definition) is 2. The van der Waals surface area contributed by atoms with E-state index >= 15 is 0 Å². The molecule has 0 aromatic heterocycles. The Morgan fingerprint density at radius 3 is 2.57 bits per heavy atom. The average molecular weight is 443 g/mol. The molecule has 2 aromatic carbocycles. The van der Waals surface area contributed by atoms with Crippen LogP contribution < -0.4 is 10.1 Å². The van der Waals surface area contributed by atoms with Gasteiger partial charge in [0.15, 0.2) is 0 Å². The van der Waals surface area contributed by atoms with Gasteiger partial charge < -0.3 is 15.2 Å². The molecule has 0 radical (unpaired) electrons. The van der Waals surface area contributed by atoms with E-state index in [-0.39, 0.29) is 25.0 Å². The van der Waals surface area contributed by atoms with Gasteiger partial charge in [-0.05, 0) is 35.8 Å². The number of carbonyl (C=O) groups is 2. The van der Waals surface area contributed by atoms with Gasteiger partial charge in [-0.3, -0.25) is 14.5 Å². The highest BCUT2D eigenvalue weighted by Crippen LogP contribution is 2.32. The van der Waals surface area contributed by atoms with Gasteiger partial charge in [0.1, 0.15) is 16.6 Å². The number of aliphatic hydroxyl groups is 1. The van der Waals surface area contributed by atoms with Crippen molar-refractivity contribution >= 4 is 46.2 Å². The van der Waals surface area contributed by atoms with E-state index in [1.807, 2.05) is 54.6 Å². The molecule has 30 heavy (non-hydrogen) atoms. The van der Waals surface area contributed by atoms with Gasteiger partial charge in [-0.1, -0.05) is 66.4 Å². The molecule has 1 heterocycles. The van der Waals surface area contributed by atoms with Crippen LogP contribution in [0.3, 0.4) is 0 Å². The minimum Gasteiger partial charge on any atom is -0.497 e. The van der Waals surface area contributed by atoms with E-state index in [9.17, 15) is 14.7 Å². The molecule has 0 saturated carbocycles. The number of ether oxygens (including phenoxy) is 1. The maximum absolute atomic E-state index is 12.7. The van der Waals surface area contributed by atoms with Crippen molar-refractivity contribution in [3.63, 3.8) is 0 Å². The lowest BCUT2D eigenvalue weighted by Gasteiger charge is -2.19. The molecule has 1 aliphatic heterocycles. The lowest BCUT2D eigenvalue weighted by Crippen LogP contribution is -2.45. The van der Waals surface area contributed by atoms with Crippen LogP contribution in [0.5, 0.6) is 5.75 Å². The number of thiocarbonyl (C=S) groups is 1. The fourth-order valence-corrected chi connectivity index (χ4v) is 4.22. The summed E-state index contributed by atoms with van der Waals surface area (Å²) < 4.78 is 5.46. The maximum atomic E-state index is 12.7. The van der Waals surface area contributed by atoms with Crippen LogP contribution in [-0.4, -0.2) is 52.4 Å². The van der Waals surface area contributed by atoms with Crippen LogP contribution >= 0.6 is 24.0 Å². The molecule has 2 amide bonds. The molecule has 2 aromatic rings. The average Bonchev–Trinajstić information content (AvgIpc) is 3.01. The van der Waals surface area contributed by atoms with Gasteiger partial charge >= 0.3 is 0 Å². The van der Waals surface area contributed by atoms with E-state index in [1.54, 1.807) is 13.2 Å². The second kappa shape index (κ2) is 10.4. The SMILES string of the molecule is COc1ccc(/C=C2/SC(=S)N(CC(=O)N[C@@H](CO)Cc3ccccc3)C2=O)cc1. The van der Waals surface area contributed by atoms with Crippen LogP contribution in [0.25, 0.3) is 6.08 Å². The zero-order chi connectivity index (χ0) is 21.5. The number of rotatable bonds is 8. The molecule has 1 atom stereocenters. The monoisotopic (exact) mass is 442 g/mol. The Balaban J connectivity index is 1.61. The summed E-state index contributed by atoms with van der Waals surface area (Å²) >= 11 is 6.46. The number of hydrogen-bond acceptors (Lipinski definition) is 6. The summed E-state index contributed by atoms with van der Waals surface area (Å²) in [6, 6.07) is 16.4. The molecule has 0 bridgehead atoms. The Labute approximate surface area is 184 Å². The van der Waals surface area contributed by atoms with Crippen molar-refractivity contribution in [3.8, 4) is 5.75 Å². The molecule has 0 spiro atoms. The van der Waals surface area contributed by atoms with E-state index in [1.165, 1.54) is 4.90 Å². The summed E-state index contributed by atoms with van der Waals surface area (Å²) in [7, 11) is 1.59. The highest BCUT2D eigenvalue weighted by Gasteiger charge is 2.33. The standard InChI is InChI=1S/C22H22N2O4S2/c1-28-18-9-7-16(8-10-18)12-19-21(27)24(22(29)30-19)13-20(26)23-17(14-25)11-15-5-3-2-4-6-15/h2-10,12,17,25H,11,13-14H2,1H3,(H,23,26)/b19-12+/t17-/m1/s1. The lowest BCUT2D eigenvalue weighted by atomic mass is 10.1. The van der Waals surface area contributed by atoms with E-state index < -0.39 is 6.04 Å². The number of carbonyl (C=O) groups excluding carboxylic acids is 2. The molecule has 1 saturated heterocycles. The second-order valence-electron chi connectivity index (χ2n) is 6.68. The van der Waals surface area contributed by atoms with Gasteiger partial charge in [0, 0.05) is 0 Å². The quantitative estimate of drug-likeness (QED) is 0.483. The first-order valence-electron chi connectivity index (χ1n) is 9.33. The van der Waals surface area contributed by atoms with Gasteiger partial charge in [-0.25, -0.2) is 0 Å². The van der Waals surface area contributed by atoms with Crippen LogP contribution in [0, 0.1) is 0 Å². The Kier molecular flexibility index (Phi) is 7.62. The molecule has 2 N–H and O–H groups in total. The van der Waals surface area contributed by atoms with Crippen LogP contribution in [-0.2, 0) is 16.0 Å². The summed E-state index contributed by atoms with van der Waals surface area (Å²) in [5, 5.41) is 12.4. The highest BCUT2D eigenvalue weighted by molar-refractivity contribution is 8.26. The number of thioether (sulfide) groups is 1. The summed E-state index contributed by atoms with van der Waals surface area (Å²) in [6.45, 7) is -0.383. The Morgan fingerprint density at radius 1 is 1.23 bits per heavy atom. The molecule has 0 unspecified atom stereocenters. The molecule has 3 rings (SSSR count). The van der Waals surface area contributed by atoms with Crippen molar-refractivity contribution in [2.45, 2.75) is 12.5 Å². The largest absolute Gasteiger partial charge is 0.497 e. The summed E-state index contributed by atoms with van der Waals surface area (Å²) in [5.74, 6) is 0.0527. The molecule has 1 aliphatic rings. The molecular weight excluding hydrogens is 420 g/mol. The minimum absolute atomic E-state index is 0.185. The first-order valence-corrected chi connectivity index (χ1v) is 10.6. The number of methoxy groups -OCH3 is 1. The number of nitrogens with zero attached hydrogens (tertiary/aromatic N) is 1. The van der Waals surface area contributed by atoms with Gasteiger partial charge in [0.05, 0.1) is 24.7 Å². The molecule has 6 nitrogen and oxygen atoms in total. The van der Waals surface area contributed by atoms with Gasteiger partial charge in [0.2, 0.25) is 5.91 Å². The predicted octanol–water partition coefficient (Wildman–Crippen LogP) is 2.62. The van der Waals surface area contributed by atoms with Crippen molar-refractivity contribution in [2.24, 2.45) is 0 Å². The van der Waals surface area contributed by atoms with E-state index in [2.05, 4.69) is 5.32 Å². The molecule has 0 aliphatic carbocycles. The van der Waals surface area contributed by atoms with Gasteiger partial charge in [0.25, 0.3) is 5.91 Å². The first kappa shape index (κ1) is 22.0. The fourth-order valence-electron chi connectivity index (χ4n) is 2.96. The zero-order valence-electron chi connectivity index (χ0n) is 16.4. The van der Waals surface area contributed by atoms with Gasteiger partial charge in [-0.15, -0.1) is 0 Å². The molecule has 8 heteroatoms. The number of benzene rings is 2. The van der Waals surface area contributed by atoms with Crippen molar-refractivity contribution < 1.29 is 19.4 Å². The third-order valence-corrected chi connectivity index (χ3v) is 5.88. The van der Waals surface area contributed by atoms with Crippen LogP contribution in [0.2, 0.25) is 0 Å². The first-order chi connectivity index (χ1) is 14.5. The van der Waals surface area contributed by atoms with E-state index in [0.29, 0.717) is 15.6 Å². The topological polar surface area (TPSA) is 78.9 Å². The van der Waals surface area contributed by atoms with E-state index in [0.717, 1.165) is 28.6 Å². The number of aliphatic hydroxyl groups excluding tert-OH is 1. The van der Waals surface area contributed by atoms with Crippen molar-refractivity contribution in [1.29, 1.82) is 0 Å². The van der Waals surface area contributed by atoms with E-state index in [4.69, 9.17) is 17.0 Å². The summed E-state index contributed by atoms with van der Waals surface area (Å²) in [4.78, 5) is 26.9. The summed E-state index contributed by atoms with van der Waals surface area (Å²) in [5.41, 5.74) is 1.84. The van der Waals surface area contributed by atoms with Crippen molar-refractivity contribution in [3.05, 3.63) is 70.6 Å². The molecule has 156 valence electrons. The summed E-state index contributed by atoms with van der Waals surface area (Å²) in [6.07, 6.45) is 2.24. The van der Waals surface area contributed by atoms with Crippen molar-refractivity contribution in [2.75, 3.05) is 20.3 Å². The van der Waals surface area contributed by atoms with Gasteiger partial charge in [-0.2, -0.15) is 0 Å². The Hall–Kier alpha value is -2.68. The Bertz CT molecular complexity index is 945. The highest BCUT2D eigenvalue weighted by atomic mass is 32.2. The normalized spacial score (nSPS) is 16.1. The third-order valence-electron chi connectivity index (χ3n) is 4.50.